The van der Waals surface area contributed by atoms with Gasteiger partial charge in [0.2, 0.25) is 0 Å². The van der Waals surface area contributed by atoms with Gasteiger partial charge in [0.1, 0.15) is 11.9 Å². The van der Waals surface area contributed by atoms with Gasteiger partial charge in [0, 0.05) is 18.3 Å². The molecule has 102 valence electrons. The highest BCUT2D eigenvalue weighted by Crippen LogP contribution is 2.40. The maximum atomic E-state index is 8.79. The molecule has 2 atom stereocenters. The highest BCUT2D eigenvalue weighted by molar-refractivity contribution is 5.46. The summed E-state index contributed by atoms with van der Waals surface area (Å²) in [5.41, 5.74) is 0.645. The van der Waals surface area contributed by atoms with Crippen molar-refractivity contribution in [2.45, 2.75) is 58.5 Å². The maximum absolute atomic E-state index is 8.79. The minimum absolute atomic E-state index is 0.645. The molecule has 0 amide bonds. The Hall–Kier alpha value is -1.56. The molecule has 3 nitrogen and oxygen atoms in total. The first-order valence-corrected chi connectivity index (χ1v) is 7.42. The van der Waals surface area contributed by atoms with E-state index in [1.54, 1.807) is 6.20 Å². The second-order valence-electron chi connectivity index (χ2n) is 5.39. The van der Waals surface area contributed by atoms with Crippen LogP contribution >= 0.6 is 0 Å². The van der Waals surface area contributed by atoms with Crippen LogP contribution in [0.15, 0.2) is 18.3 Å². The number of hydrogen-bond donors (Lipinski definition) is 0. The largest absolute Gasteiger partial charge is 0.351 e. The van der Waals surface area contributed by atoms with Crippen molar-refractivity contribution < 1.29 is 0 Å². The predicted molar refractivity (Wildman–Crippen MR) is 78.0 cm³/mol. The van der Waals surface area contributed by atoms with Gasteiger partial charge in [0.05, 0.1) is 5.56 Å². The van der Waals surface area contributed by atoms with Gasteiger partial charge in [0.25, 0.3) is 0 Å². The van der Waals surface area contributed by atoms with E-state index in [1.165, 1.54) is 25.7 Å². The van der Waals surface area contributed by atoms with Crippen LogP contribution in [0.2, 0.25) is 0 Å². The number of nitrogens with zero attached hydrogens (tertiary/aromatic N) is 3. The maximum Gasteiger partial charge on any atom is 0.129 e. The van der Waals surface area contributed by atoms with E-state index in [4.69, 9.17) is 5.26 Å². The number of nitriles is 1. The number of piperidine rings is 1. The summed E-state index contributed by atoms with van der Waals surface area (Å²) < 4.78 is 0. The molecule has 0 radical (unpaired) electrons. The van der Waals surface area contributed by atoms with Gasteiger partial charge >= 0.3 is 0 Å². The van der Waals surface area contributed by atoms with Gasteiger partial charge in [0.15, 0.2) is 0 Å². The van der Waals surface area contributed by atoms with E-state index in [0.717, 1.165) is 11.7 Å². The first-order valence-electron chi connectivity index (χ1n) is 7.42. The van der Waals surface area contributed by atoms with Crippen molar-refractivity contribution in [1.82, 2.24) is 4.98 Å². The molecule has 3 rings (SSSR count). The molecular weight excluding hydrogens is 234 g/mol. The number of rotatable bonds is 1. The molecule has 2 aliphatic rings. The zero-order chi connectivity index (χ0) is 13.8. The van der Waals surface area contributed by atoms with Crippen LogP contribution in [0.5, 0.6) is 0 Å². The van der Waals surface area contributed by atoms with Crippen LogP contribution in [0.3, 0.4) is 0 Å². The molecule has 2 fully saturated rings. The summed E-state index contributed by atoms with van der Waals surface area (Å²) in [6, 6.07) is 7.34. The quantitative estimate of drug-likeness (QED) is 0.769. The number of hydrogen-bond acceptors (Lipinski definition) is 3. The molecule has 0 saturated carbocycles. The highest BCUT2D eigenvalue weighted by Gasteiger charge is 2.39. The fourth-order valence-corrected chi connectivity index (χ4v) is 3.43. The fraction of sp³-hybridized carbons (Fsp3) is 0.625. The van der Waals surface area contributed by atoms with E-state index in [-0.39, 0.29) is 0 Å². The van der Waals surface area contributed by atoms with Gasteiger partial charge in [-0.3, -0.25) is 0 Å². The van der Waals surface area contributed by atoms with E-state index >= 15 is 0 Å². The molecule has 0 aliphatic carbocycles. The second kappa shape index (κ2) is 6.06. The van der Waals surface area contributed by atoms with E-state index < -0.39 is 0 Å². The third-order valence-corrected chi connectivity index (χ3v) is 4.11. The van der Waals surface area contributed by atoms with Crippen molar-refractivity contribution in [3.8, 4) is 6.07 Å². The summed E-state index contributed by atoms with van der Waals surface area (Å²) >= 11 is 0. The highest BCUT2D eigenvalue weighted by atomic mass is 15.3. The van der Waals surface area contributed by atoms with Gasteiger partial charge < -0.3 is 4.90 Å². The summed E-state index contributed by atoms with van der Waals surface area (Å²) in [6.45, 7) is 6.36. The van der Waals surface area contributed by atoms with Crippen LogP contribution in [-0.2, 0) is 0 Å². The average Bonchev–Trinajstić information content (AvgIpc) is 2.73. The molecule has 2 aliphatic heterocycles. The van der Waals surface area contributed by atoms with Crippen LogP contribution < -0.4 is 4.90 Å². The Kier molecular flexibility index (Phi) is 4.42. The van der Waals surface area contributed by atoms with Gasteiger partial charge in [-0.05, 0) is 43.7 Å². The Morgan fingerprint density at radius 1 is 1.21 bits per heavy atom. The zero-order valence-electron chi connectivity index (χ0n) is 12.1. The minimum atomic E-state index is 0.645. The molecule has 0 spiro atoms. The van der Waals surface area contributed by atoms with Crippen LogP contribution in [0.4, 0.5) is 5.82 Å². The fourth-order valence-electron chi connectivity index (χ4n) is 3.43. The van der Waals surface area contributed by atoms with Gasteiger partial charge in [-0.1, -0.05) is 20.8 Å². The Morgan fingerprint density at radius 3 is 2.32 bits per heavy atom. The number of pyridine rings is 1. The Labute approximate surface area is 116 Å². The van der Waals surface area contributed by atoms with E-state index in [9.17, 15) is 0 Å². The van der Waals surface area contributed by atoms with Crippen molar-refractivity contribution in [2.75, 3.05) is 4.90 Å². The van der Waals surface area contributed by atoms with Crippen molar-refractivity contribution >= 4 is 5.82 Å². The molecule has 3 heteroatoms. The second-order valence-corrected chi connectivity index (χ2v) is 5.39. The lowest BCUT2D eigenvalue weighted by atomic mass is 9.92. The van der Waals surface area contributed by atoms with E-state index in [2.05, 4.69) is 22.9 Å². The van der Waals surface area contributed by atoms with Crippen molar-refractivity contribution in [1.29, 1.82) is 5.26 Å². The van der Waals surface area contributed by atoms with Gasteiger partial charge in [-0.25, -0.2) is 4.98 Å². The van der Waals surface area contributed by atoms with Crippen LogP contribution in [-0.4, -0.2) is 17.1 Å². The molecular formula is C16H23N3. The van der Waals surface area contributed by atoms with E-state index in [1.807, 2.05) is 26.0 Å². The lowest BCUT2D eigenvalue weighted by Crippen LogP contribution is -2.42. The normalized spacial score (nSPS) is 28.3. The van der Waals surface area contributed by atoms with E-state index in [0.29, 0.717) is 17.6 Å². The first kappa shape index (κ1) is 13.9. The number of aromatic nitrogens is 1. The predicted octanol–water partition coefficient (Wildman–Crippen LogP) is 3.75. The number of fused-ring (bicyclic) bond motifs is 2. The van der Waals surface area contributed by atoms with Gasteiger partial charge in [-0.2, -0.15) is 5.26 Å². The molecule has 0 aromatic carbocycles. The van der Waals surface area contributed by atoms with Crippen LogP contribution in [0, 0.1) is 17.2 Å². The summed E-state index contributed by atoms with van der Waals surface area (Å²) in [4.78, 5) is 6.93. The summed E-state index contributed by atoms with van der Waals surface area (Å²) in [5.74, 6) is 1.91. The Morgan fingerprint density at radius 2 is 1.84 bits per heavy atom. The molecule has 3 heterocycles. The monoisotopic (exact) mass is 257 g/mol. The topological polar surface area (TPSA) is 39.9 Å². The standard InChI is InChI=1S/C14H17N3.C2H6/c1-10-6-12-3-4-13(7-10)17(12)14-5-2-11(8-15)9-16-14;1-2/h2,5,9-10,12-13H,3-4,6-7H2,1H3;1-2H3. The van der Waals surface area contributed by atoms with Crippen molar-refractivity contribution in [3.05, 3.63) is 23.9 Å². The van der Waals surface area contributed by atoms with Crippen LogP contribution in [0.1, 0.15) is 52.0 Å². The molecule has 0 N–H and O–H groups in total. The summed E-state index contributed by atoms with van der Waals surface area (Å²) in [5, 5.41) is 8.79. The van der Waals surface area contributed by atoms with Crippen molar-refractivity contribution in [3.63, 3.8) is 0 Å². The summed E-state index contributed by atoms with van der Waals surface area (Å²) in [6.07, 6.45) is 6.87. The summed E-state index contributed by atoms with van der Waals surface area (Å²) in [7, 11) is 0. The van der Waals surface area contributed by atoms with Crippen LogP contribution in [0.25, 0.3) is 0 Å². The molecule has 2 bridgehead atoms. The number of anilines is 1. The smallest absolute Gasteiger partial charge is 0.129 e. The third-order valence-electron chi connectivity index (χ3n) is 4.11. The molecule has 1 aromatic heterocycles. The van der Waals surface area contributed by atoms with Crippen molar-refractivity contribution in [2.24, 2.45) is 5.92 Å². The third kappa shape index (κ3) is 2.73. The average molecular weight is 257 g/mol. The first-order chi connectivity index (χ1) is 9.28. The molecule has 19 heavy (non-hydrogen) atoms. The lowest BCUT2D eigenvalue weighted by molar-refractivity contribution is 0.361. The molecule has 2 unspecified atom stereocenters. The Balaban J connectivity index is 0.000000637. The Bertz CT molecular complexity index is 432. The SMILES string of the molecule is CC.CC1CC2CCC(C1)N2c1ccc(C#N)cn1. The minimum Gasteiger partial charge on any atom is -0.351 e. The van der Waals surface area contributed by atoms with Gasteiger partial charge in [-0.15, -0.1) is 0 Å². The molecule has 2 saturated heterocycles. The zero-order valence-corrected chi connectivity index (χ0v) is 12.1. The molecule has 1 aromatic rings. The lowest BCUT2D eigenvalue weighted by Gasteiger charge is -2.38.